The van der Waals surface area contributed by atoms with Crippen LogP contribution in [0.25, 0.3) is 0 Å². The number of para-hydroxylation sites is 1. The maximum absolute atomic E-state index is 11.5. The number of aliphatic hydroxyl groups is 1. The standard InChI is InChI=1S/C13H19ClN2O3/c1-16(8-9-17)13(18)15-7-4-10-19-12-6-3-2-5-11(12)14/h2-3,5-6,17H,4,7-10H2,1H3,(H,15,18). The van der Waals surface area contributed by atoms with Gasteiger partial charge in [-0.1, -0.05) is 23.7 Å². The molecular formula is C13H19ClN2O3. The Morgan fingerprint density at radius 3 is 2.89 bits per heavy atom. The van der Waals surface area contributed by atoms with Gasteiger partial charge in [-0.2, -0.15) is 0 Å². The lowest BCUT2D eigenvalue weighted by molar-refractivity contribution is 0.189. The number of hydrogen-bond donors (Lipinski definition) is 2. The van der Waals surface area contributed by atoms with Crippen LogP contribution in [0.5, 0.6) is 5.75 Å². The van der Waals surface area contributed by atoms with E-state index in [1.807, 2.05) is 12.1 Å². The number of likely N-dealkylation sites (N-methyl/N-ethyl adjacent to an activating group) is 1. The van der Waals surface area contributed by atoms with E-state index in [0.29, 0.717) is 36.9 Å². The number of halogens is 1. The van der Waals surface area contributed by atoms with E-state index in [9.17, 15) is 4.79 Å². The lowest BCUT2D eigenvalue weighted by Crippen LogP contribution is -2.39. The molecule has 0 aliphatic rings. The zero-order valence-electron chi connectivity index (χ0n) is 10.9. The van der Waals surface area contributed by atoms with Gasteiger partial charge >= 0.3 is 6.03 Å². The number of aliphatic hydroxyl groups excluding tert-OH is 1. The van der Waals surface area contributed by atoms with E-state index >= 15 is 0 Å². The van der Waals surface area contributed by atoms with E-state index in [0.717, 1.165) is 0 Å². The van der Waals surface area contributed by atoms with Crippen molar-refractivity contribution in [3.8, 4) is 5.75 Å². The molecule has 0 saturated carbocycles. The molecule has 5 nitrogen and oxygen atoms in total. The number of hydrogen-bond acceptors (Lipinski definition) is 3. The van der Waals surface area contributed by atoms with Gasteiger partial charge in [-0.05, 0) is 18.6 Å². The molecule has 0 fully saturated rings. The average Bonchev–Trinajstić information content (AvgIpc) is 2.40. The summed E-state index contributed by atoms with van der Waals surface area (Å²) in [5.74, 6) is 0.646. The van der Waals surface area contributed by atoms with Crippen molar-refractivity contribution < 1.29 is 14.6 Å². The van der Waals surface area contributed by atoms with Crippen LogP contribution >= 0.6 is 11.6 Å². The molecule has 1 rings (SSSR count). The van der Waals surface area contributed by atoms with E-state index in [1.54, 1.807) is 19.2 Å². The highest BCUT2D eigenvalue weighted by atomic mass is 35.5. The zero-order chi connectivity index (χ0) is 14.1. The summed E-state index contributed by atoms with van der Waals surface area (Å²) < 4.78 is 5.49. The van der Waals surface area contributed by atoms with Crippen molar-refractivity contribution in [2.75, 3.05) is 33.4 Å². The second-order valence-electron chi connectivity index (χ2n) is 4.01. The Bertz CT molecular complexity index is 401. The molecule has 1 aromatic rings. The number of carbonyl (C=O) groups excluding carboxylic acids is 1. The fourth-order valence-corrected chi connectivity index (χ4v) is 1.59. The fourth-order valence-electron chi connectivity index (χ4n) is 1.40. The molecule has 6 heteroatoms. The molecule has 0 bridgehead atoms. The monoisotopic (exact) mass is 286 g/mol. The molecule has 2 N–H and O–H groups in total. The van der Waals surface area contributed by atoms with Crippen LogP contribution in [0.15, 0.2) is 24.3 Å². The normalized spacial score (nSPS) is 10.1. The Balaban J connectivity index is 2.15. The Hall–Kier alpha value is -1.46. The number of rotatable bonds is 7. The highest BCUT2D eigenvalue weighted by molar-refractivity contribution is 6.32. The van der Waals surface area contributed by atoms with Crippen molar-refractivity contribution in [3.63, 3.8) is 0 Å². The van der Waals surface area contributed by atoms with Gasteiger partial charge in [-0.3, -0.25) is 0 Å². The first kappa shape index (κ1) is 15.6. The molecular weight excluding hydrogens is 268 g/mol. The summed E-state index contributed by atoms with van der Waals surface area (Å²) in [4.78, 5) is 12.9. The van der Waals surface area contributed by atoms with Gasteiger partial charge in [-0.25, -0.2) is 4.79 Å². The molecule has 0 aliphatic heterocycles. The maximum Gasteiger partial charge on any atom is 0.317 e. The van der Waals surface area contributed by atoms with Gasteiger partial charge in [0.25, 0.3) is 0 Å². The summed E-state index contributed by atoms with van der Waals surface area (Å²) >= 11 is 5.94. The van der Waals surface area contributed by atoms with E-state index in [-0.39, 0.29) is 12.6 Å². The minimum Gasteiger partial charge on any atom is -0.492 e. The van der Waals surface area contributed by atoms with Crippen molar-refractivity contribution in [1.29, 1.82) is 0 Å². The number of nitrogens with one attached hydrogen (secondary N) is 1. The largest absolute Gasteiger partial charge is 0.492 e. The second kappa shape index (κ2) is 8.61. The molecule has 0 unspecified atom stereocenters. The Morgan fingerprint density at radius 1 is 1.47 bits per heavy atom. The summed E-state index contributed by atoms with van der Waals surface area (Å²) in [5.41, 5.74) is 0. The van der Waals surface area contributed by atoms with Gasteiger partial charge in [0.1, 0.15) is 5.75 Å². The predicted molar refractivity (Wildman–Crippen MR) is 74.7 cm³/mol. The number of carbonyl (C=O) groups is 1. The van der Waals surface area contributed by atoms with E-state index < -0.39 is 0 Å². The van der Waals surface area contributed by atoms with Crippen LogP contribution in [0.2, 0.25) is 5.02 Å². The minimum atomic E-state index is -0.202. The number of urea groups is 1. The van der Waals surface area contributed by atoms with E-state index in [4.69, 9.17) is 21.4 Å². The lowest BCUT2D eigenvalue weighted by atomic mass is 10.3. The van der Waals surface area contributed by atoms with Gasteiger partial charge in [0.15, 0.2) is 0 Å². The number of amides is 2. The average molecular weight is 287 g/mol. The highest BCUT2D eigenvalue weighted by Crippen LogP contribution is 2.22. The molecule has 0 radical (unpaired) electrons. The first-order chi connectivity index (χ1) is 9.15. The summed E-state index contributed by atoms with van der Waals surface area (Å²) in [6.45, 7) is 1.27. The Kier molecular flexibility index (Phi) is 7.07. The first-order valence-corrected chi connectivity index (χ1v) is 6.50. The molecule has 106 valence electrons. The predicted octanol–water partition coefficient (Wildman–Crippen LogP) is 1.74. The summed E-state index contributed by atoms with van der Waals surface area (Å²) in [6.07, 6.45) is 0.684. The number of nitrogens with zero attached hydrogens (tertiary/aromatic N) is 1. The van der Waals surface area contributed by atoms with Gasteiger partial charge < -0.3 is 20.1 Å². The van der Waals surface area contributed by atoms with Gasteiger partial charge in [0.05, 0.1) is 18.2 Å². The number of ether oxygens (including phenoxy) is 1. The van der Waals surface area contributed by atoms with Crippen LogP contribution in [-0.2, 0) is 0 Å². The van der Waals surface area contributed by atoms with Crippen LogP contribution in [-0.4, -0.2) is 49.4 Å². The SMILES string of the molecule is CN(CCO)C(=O)NCCCOc1ccccc1Cl. The molecule has 1 aromatic carbocycles. The van der Waals surface area contributed by atoms with Crippen LogP contribution in [0.4, 0.5) is 4.79 Å². The van der Waals surface area contributed by atoms with Crippen molar-refractivity contribution in [2.45, 2.75) is 6.42 Å². The van der Waals surface area contributed by atoms with Crippen LogP contribution in [0.1, 0.15) is 6.42 Å². The quantitative estimate of drug-likeness (QED) is 0.751. The Labute approximate surface area is 118 Å². The lowest BCUT2D eigenvalue weighted by Gasteiger charge is -2.16. The highest BCUT2D eigenvalue weighted by Gasteiger charge is 2.06. The third-order valence-electron chi connectivity index (χ3n) is 2.47. The zero-order valence-corrected chi connectivity index (χ0v) is 11.7. The summed E-state index contributed by atoms with van der Waals surface area (Å²) in [7, 11) is 1.63. The van der Waals surface area contributed by atoms with E-state index in [2.05, 4.69) is 5.32 Å². The second-order valence-corrected chi connectivity index (χ2v) is 4.42. The maximum atomic E-state index is 11.5. The minimum absolute atomic E-state index is 0.0421. The molecule has 0 spiro atoms. The smallest absolute Gasteiger partial charge is 0.317 e. The topological polar surface area (TPSA) is 61.8 Å². The van der Waals surface area contributed by atoms with Gasteiger partial charge in [-0.15, -0.1) is 0 Å². The molecule has 0 heterocycles. The van der Waals surface area contributed by atoms with Crippen molar-refractivity contribution in [2.24, 2.45) is 0 Å². The fraction of sp³-hybridized carbons (Fsp3) is 0.462. The van der Waals surface area contributed by atoms with Crippen molar-refractivity contribution in [3.05, 3.63) is 29.3 Å². The summed E-state index contributed by atoms with van der Waals surface area (Å²) in [6, 6.07) is 7.06. The molecule has 0 atom stereocenters. The third kappa shape index (κ3) is 5.81. The van der Waals surface area contributed by atoms with Crippen molar-refractivity contribution >= 4 is 17.6 Å². The first-order valence-electron chi connectivity index (χ1n) is 6.12. The van der Waals surface area contributed by atoms with E-state index in [1.165, 1.54) is 4.90 Å². The van der Waals surface area contributed by atoms with Crippen molar-refractivity contribution in [1.82, 2.24) is 10.2 Å². The molecule has 0 saturated heterocycles. The van der Waals surface area contributed by atoms with Gasteiger partial charge in [0.2, 0.25) is 0 Å². The molecule has 2 amide bonds. The van der Waals surface area contributed by atoms with Crippen LogP contribution in [0, 0.1) is 0 Å². The van der Waals surface area contributed by atoms with Crippen LogP contribution in [0.3, 0.4) is 0 Å². The molecule has 0 aromatic heterocycles. The third-order valence-corrected chi connectivity index (χ3v) is 2.79. The Morgan fingerprint density at radius 2 is 2.21 bits per heavy atom. The molecule has 0 aliphatic carbocycles. The number of benzene rings is 1. The van der Waals surface area contributed by atoms with Gasteiger partial charge in [0, 0.05) is 20.1 Å². The summed E-state index contributed by atoms with van der Waals surface area (Å²) in [5, 5.41) is 12.0. The molecule has 19 heavy (non-hydrogen) atoms. The van der Waals surface area contributed by atoms with Crippen LogP contribution < -0.4 is 10.1 Å².